The molecule has 0 saturated carbocycles. The molecule has 0 amide bonds. The molecule has 336 valence electrons. The summed E-state index contributed by atoms with van der Waals surface area (Å²) in [6.45, 7) is 3.23. The number of hydrogen-bond donors (Lipinski definition) is 3. The fourth-order valence-electron chi connectivity index (χ4n) is 5.92. The molecule has 0 heterocycles. The highest BCUT2D eigenvalue weighted by Crippen LogP contribution is 2.43. The number of carbonyl (C=O) groups is 1. The Morgan fingerprint density at radius 1 is 0.552 bits per heavy atom. The Morgan fingerprint density at radius 2 is 0.983 bits per heavy atom. The van der Waals surface area contributed by atoms with Crippen LogP contribution in [0.2, 0.25) is 0 Å². The van der Waals surface area contributed by atoms with Gasteiger partial charge in [-0.3, -0.25) is 13.8 Å². The second kappa shape index (κ2) is 44.5. The van der Waals surface area contributed by atoms with Gasteiger partial charge >= 0.3 is 13.8 Å². The lowest BCUT2D eigenvalue weighted by Crippen LogP contribution is -2.29. The summed E-state index contributed by atoms with van der Waals surface area (Å²) in [5.41, 5.74) is 0. The van der Waals surface area contributed by atoms with Gasteiger partial charge in [-0.05, 0) is 77.0 Å². The summed E-state index contributed by atoms with van der Waals surface area (Å²) >= 11 is 0. The summed E-state index contributed by atoms with van der Waals surface area (Å²) in [6.07, 6.45) is 53.1. The third-order valence-electron chi connectivity index (χ3n) is 9.38. The van der Waals surface area contributed by atoms with E-state index in [0.717, 1.165) is 64.2 Å². The number of allylic oxidation sites excluding steroid dienone is 12. The van der Waals surface area contributed by atoms with Gasteiger partial charge in [-0.15, -0.1) is 0 Å². The van der Waals surface area contributed by atoms with E-state index < -0.39 is 45.8 Å². The fourth-order valence-corrected chi connectivity index (χ4v) is 6.71. The summed E-state index contributed by atoms with van der Waals surface area (Å²) in [4.78, 5) is 22.6. The molecule has 58 heavy (non-hydrogen) atoms. The number of esters is 1. The van der Waals surface area contributed by atoms with Crippen molar-refractivity contribution >= 4 is 13.8 Å². The Labute approximate surface area is 354 Å². The molecule has 0 aliphatic heterocycles. The number of unbranched alkanes of at least 4 members (excludes halogenated alkanes) is 17. The van der Waals surface area contributed by atoms with Crippen LogP contribution in [0.1, 0.15) is 181 Å². The zero-order chi connectivity index (χ0) is 42.5. The molecule has 0 saturated heterocycles. The third kappa shape index (κ3) is 43.5. The van der Waals surface area contributed by atoms with E-state index in [4.69, 9.17) is 23.6 Å². The van der Waals surface area contributed by atoms with Crippen molar-refractivity contribution in [2.45, 2.75) is 193 Å². The van der Waals surface area contributed by atoms with Crippen molar-refractivity contribution < 1.29 is 43.0 Å². The molecular weight excluding hydrogens is 751 g/mol. The second-order valence-corrected chi connectivity index (χ2v) is 16.5. The predicted molar refractivity (Wildman–Crippen MR) is 242 cm³/mol. The quantitative estimate of drug-likeness (QED) is 0.0238. The molecule has 3 unspecified atom stereocenters. The van der Waals surface area contributed by atoms with E-state index >= 15 is 0 Å². The largest absolute Gasteiger partial charge is 0.472 e. The lowest BCUT2D eigenvalue weighted by molar-refractivity contribution is -0.154. The molecule has 0 radical (unpaired) electrons. The zero-order valence-corrected chi connectivity index (χ0v) is 37.6. The summed E-state index contributed by atoms with van der Waals surface area (Å²) < 4.78 is 33.3. The first-order valence-electron chi connectivity index (χ1n) is 22.9. The Bertz CT molecular complexity index is 1130. The minimum Gasteiger partial charge on any atom is -0.457 e. The molecule has 9 nitrogen and oxygen atoms in total. The minimum atomic E-state index is -4.54. The molecule has 0 spiro atoms. The number of phosphoric ester groups is 1. The standard InChI is InChI=1S/C48H85O9P/c1-3-5-7-9-11-13-15-17-19-20-21-22-23-24-25-26-27-28-30-32-34-36-38-40-48(51)57-47(45-56-58(52,53)55-43-46(50)42-49)44-54-41-39-37-35-33-31-29-18-16-14-12-10-8-6-4-2/h6,8,12,14-15,17-18,20-21,29,33,35,46-47,49-50H,3-5,7,9-11,13,16,19,22-28,30-32,34,36-45H2,1-2H3,(H,52,53)/b8-6-,14-12-,17-15-,21-20-,29-18-,35-33-. The minimum absolute atomic E-state index is 0.00742. The maximum absolute atomic E-state index is 12.6. The number of carbonyl (C=O) groups excluding carboxylic acids is 1. The average molecular weight is 837 g/mol. The van der Waals surface area contributed by atoms with Gasteiger partial charge in [0.15, 0.2) is 0 Å². The Hall–Kier alpha value is -2.10. The molecule has 0 aromatic heterocycles. The summed E-state index contributed by atoms with van der Waals surface area (Å²) in [6, 6.07) is 0. The molecule has 0 rings (SSSR count). The van der Waals surface area contributed by atoms with Crippen LogP contribution in [0.25, 0.3) is 0 Å². The van der Waals surface area contributed by atoms with Crippen LogP contribution in [-0.4, -0.2) is 66.3 Å². The number of aliphatic hydroxyl groups excluding tert-OH is 2. The van der Waals surface area contributed by atoms with Crippen LogP contribution >= 0.6 is 7.82 Å². The molecule has 0 bridgehead atoms. The molecule has 3 N–H and O–H groups in total. The van der Waals surface area contributed by atoms with Crippen molar-refractivity contribution in [3.05, 3.63) is 72.9 Å². The summed E-state index contributed by atoms with van der Waals surface area (Å²) in [5.74, 6) is -0.405. The van der Waals surface area contributed by atoms with Crippen molar-refractivity contribution in [3.8, 4) is 0 Å². The van der Waals surface area contributed by atoms with E-state index in [0.29, 0.717) is 13.0 Å². The second-order valence-electron chi connectivity index (χ2n) is 15.0. The van der Waals surface area contributed by atoms with Crippen LogP contribution < -0.4 is 0 Å². The Kier molecular flexibility index (Phi) is 42.8. The number of aliphatic hydroxyl groups is 2. The topological polar surface area (TPSA) is 132 Å². The Morgan fingerprint density at radius 3 is 1.48 bits per heavy atom. The van der Waals surface area contributed by atoms with Gasteiger partial charge in [0.1, 0.15) is 12.2 Å². The molecule has 10 heteroatoms. The van der Waals surface area contributed by atoms with Crippen molar-refractivity contribution in [1.29, 1.82) is 0 Å². The summed E-state index contributed by atoms with van der Waals surface area (Å²) in [5, 5.41) is 18.4. The predicted octanol–water partition coefficient (Wildman–Crippen LogP) is 12.9. The zero-order valence-electron chi connectivity index (χ0n) is 36.7. The van der Waals surface area contributed by atoms with Crippen molar-refractivity contribution in [3.63, 3.8) is 0 Å². The monoisotopic (exact) mass is 837 g/mol. The molecule has 0 fully saturated rings. The van der Waals surface area contributed by atoms with Crippen LogP contribution in [-0.2, 0) is 27.9 Å². The molecule has 0 aliphatic carbocycles. The molecule has 0 aliphatic rings. The first-order chi connectivity index (χ1) is 28.3. The van der Waals surface area contributed by atoms with E-state index in [1.165, 1.54) is 89.9 Å². The maximum Gasteiger partial charge on any atom is 0.472 e. The molecule has 3 atom stereocenters. The lowest BCUT2D eigenvalue weighted by atomic mass is 10.0. The SMILES string of the molecule is CC/C=C\C/C=C\C/C=C\C/C=C\CCCOCC(COP(=O)(O)OCC(O)CO)OC(=O)CCCCCCCCCCCCC/C=C\C/C=C\CCCCCCC. The van der Waals surface area contributed by atoms with Gasteiger partial charge in [-0.2, -0.15) is 0 Å². The van der Waals surface area contributed by atoms with E-state index in [1.807, 2.05) is 0 Å². The molecule has 0 aromatic rings. The van der Waals surface area contributed by atoms with Crippen LogP contribution in [0.3, 0.4) is 0 Å². The van der Waals surface area contributed by atoms with Gasteiger partial charge in [0.25, 0.3) is 0 Å². The smallest absolute Gasteiger partial charge is 0.457 e. The fraction of sp³-hybridized carbons (Fsp3) is 0.729. The van der Waals surface area contributed by atoms with Crippen molar-refractivity contribution in [2.24, 2.45) is 0 Å². The molecule has 0 aromatic carbocycles. The highest BCUT2D eigenvalue weighted by Gasteiger charge is 2.26. The number of phosphoric acid groups is 1. The number of rotatable bonds is 43. The van der Waals surface area contributed by atoms with E-state index in [-0.39, 0.29) is 13.0 Å². The average Bonchev–Trinajstić information content (AvgIpc) is 3.21. The van der Waals surface area contributed by atoms with Crippen LogP contribution in [0, 0.1) is 0 Å². The first-order valence-corrected chi connectivity index (χ1v) is 24.4. The number of ether oxygens (including phenoxy) is 2. The van der Waals surface area contributed by atoms with E-state index in [9.17, 15) is 19.4 Å². The lowest BCUT2D eigenvalue weighted by Gasteiger charge is -2.20. The van der Waals surface area contributed by atoms with Crippen LogP contribution in [0.4, 0.5) is 0 Å². The highest BCUT2D eigenvalue weighted by atomic mass is 31.2. The van der Waals surface area contributed by atoms with Crippen LogP contribution in [0.5, 0.6) is 0 Å². The maximum atomic E-state index is 12.6. The van der Waals surface area contributed by atoms with Crippen molar-refractivity contribution in [2.75, 3.05) is 33.0 Å². The van der Waals surface area contributed by atoms with Crippen molar-refractivity contribution in [1.82, 2.24) is 0 Å². The Balaban J connectivity index is 4.16. The van der Waals surface area contributed by atoms with Gasteiger partial charge in [-0.25, -0.2) is 4.57 Å². The normalized spacial score (nSPS) is 14.6. The third-order valence-corrected chi connectivity index (χ3v) is 10.3. The molecular formula is C48H85O9P. The van der Waals surface area contributed by atoms with E-state index in [1.54, 1.807) is 0 Å². The van der Waals surface area contributed by atoms with E-state index in [2.05, 4.69) is 86.8 Å². The first kappa shape index (κ1) is 55.9. The van der Waals surface area contributed by atoms with Gasteiger partial charge in [-0.1, -0.05) is 170 Å². The van der Waals surface area contributed by atoms with Gasteiger partial charge < -0.3 is 24.6 Å². The highest BCUT2D eigenvalue weighted by molar-refractivity contribution is 7.47. The van der Waals surface area contributed by atoms with Gasteiger partial charge in [0, 0.05) is 13.0 Å². The summed E-state index contributed by atoms with van der Waals surface area (Å²) in [7, 11) is -4.54. The van der Waals surface area contributed by atoms with Gasteiger partial charge in [0.05, 0.1) is 26.4 Å². The van der Waals surface area contributed by atoms with Gasteiger partial charge in [0.2, 0.25) is 0 Å². The number of hydrogen-bond acceptors (Lipinski definition) is 8. The van der Waals surface area contributed by atoms with Crippen LogP contribution in [0.15, 0.2) is 72.9 Å².